The Balaban J connectivity index is 2.08. The molecule has 116 valence electrons. The Hall–Kier alpha value is -0.650. The summed E-state index contributed by atoms with van der Waals surface area (Å²) < 4.78 is 11.2. The van der Waals surface area contributed by atoms with Crippen molar-refractivity contribution in [3.63, 3.8) is 0 Å². The molecule has 0 radical (unpaired) electrons. The van der Waals surface area contributed by atoms with Gasteiger partial charge in [0.25, 0.3) is 0 Å². The summed E-state index contributed by atoms with van der Waals surface area (Å²) in [5, 5.41) is 2.75. The maximum absolute atomic E-state index is 11.8. The largest absolute Gasteiger partial charge is 0.379 e. The average Bonchev–Trinajstić information content (AvgIpc) is 3.00. The molecule has 0 bridgehead atoms. The molecule has 0 spiro atoms. The normalized spacial score (nSPS) is 35.1. The van der Waals surface area contributed by atoms with E-state index < -0.39 is 0 Å². The van der Waals surface area contributed by atoms with Gasteiger partial charge in [0.1, 0.15) is 0 Å². The quantitative estimate of drug-likeness (QED) is 0.819. The monoisotopic (exact) mass is 284 g/mol. The molecule has 0 aromatic rings. The summed E-state index contributed by atoms with van der Waals surface area (Å²) in [6.45, 7) is 2.31. The molecular formula is C15H28N2O3. The fourth-order valence-electron chi connectivity index (χ4n) is 3.77. The SMILES string of the molecule is CNC(=O)CC1CC(OC)C(OC)CC1N1CCCC1. The van der Waals surface area contributed by atoms with Crippen LogP contribution in [0.2, 0.25) is 0 Å². The molecule has 5 nitrogen and oxygen atoms in total. The van der Waals surface area contributed by atoms with Gasteiger partial charge in [0.05, 0.1) is 12.2 Å². The van der Waals surface area contributed by atoms with Gasteiger partial charge in [-0.05, 0) is 44.7 Å². The van der Waals surface area contributed by atoms with E-state index in [-0.39, 0.29) is 18.1 Å². The summed E-state index contributed by atoms with van der Waals surface area (Å²) in [6.07, 6.45) is 5.26. The summed E-state index contributed by atoms with van der Waals surface area (Å²) in [4.78, 5) is 14.3. The zero-order chi connectivity index (χ0) is 14.5. The number of nitrogens with one attached hydrogen (secondary N) is 1. The van der Waals surface area contributed by atoms with E-state index in [1.807, 2.05) is 0 Å². The molecule has 0 aromatic heterocycles. The lowest BCUT2D eigenvalue weighted by atomic mass is 9.78. The highest BCUT2D eigenvalue weighted by atomic mass is 16.5. The Morgan fingerprint density at radius 2 is 1.75 bits per heavy atom. The number of nitrogens with zero attached hydrogens (tertiary/aromatic N) is 1. The van der Waals surface area contributed by atoms with E-state index in [2.05, 4.69) is 10.2 Å². The van der Waals surface area contributed by atoms with Crippen molar-refractivity contribution < 1.29 is 14.3 Å². The molecule has 1 amide bonds. The lowest BCUT2D eigenvalue weighted by Crippen LogP contribution is -2.51. The summed E-state index contributed by atoms with van der Waals surface area (Å²) >= 11 is 0. The van der Waals surface area contributed by atoms with Crippen LogP contribution in [0.1, 0.15) is 32.1 Å². The van der Waals surface area contributed by atoms with Crippen LogP contribution in [0.4, 0.5) is 0 Å². The molecule has 0 aromatic carbocycles. The number of hydrogen-bond donors (Lipinski definition) is 1. The highest BCUT2D eigenvalue weighted by Gasteiger charge is 2.41. The minimum atomic E-state index is 0.105. The van der Waals surface area contributed by atoms with Crippen molar-refractivity contribution in [2.24, 2.45) is 5.92 Å². The minimum absolute atomic E-state index is 0.105. The molecule has 4 atom stereocenters. The minimum Gasteiger partial charge on any atom is -0.379 e. The number of ether oxygens (including phenoxy) is 2. The van der Waals surface area contributed by atoms with E-state index >= 15 is 0 Å². The molecule has 4 unspecified atom stereocenters. The zero-order valence-corrected chi connectivity index (χ0v) is 12.9. The molecule has 2 fully saturated rings. The van der Waals surface area contributed by atoms with Crippen LogP contribution in [0, 0.1) is 5.92 Å². The van der Waals surface area contributed by atoms with Crippen LogP contribution in [0.3, 0.4) is 0 Å². The molecule has 1 aliphatic heterocycles. The third-order valence-electron chi connectivity index (χ3n) is 4.91. The number of likely N-dealkylation sites (tertiary alicyclic amines) is 1. The van der Waals surface area contributed by atoms with Gasteiger partial charge < -0.3 is 14.8 Å². The van der Waals surface area contributed by atoms with Crippen LogP contribution in [0.5, 0.6) is 0 Å². The van der Waals surface area contributed by atoms with Gasteiger partial charge in [-0.2, -0.15) is 0 Å². The maximum atomic E-state index is 11.8. The first-order valence-corrected chi connectivity index (χ1v) is 7.69. The van der Waals surface area contributed by atoms with Crippen molar-refractivity contribution in [3.8, 4) is 0 Å². The van der Waals surface area contributed by atoms with Crippen LogP contribution in [0.15, 0.2) is 0 Å². The second-order valence-electron chi connectivity index (χ2n) is 5.97. The molecule has 1 aliphatic carbocycles. The predicted molar refractivity (Wildman–Crippen MR) is 77.6 cm³/mol. The maximum Gasteiger partial charge on any atom is 0.220 e. The van der Waals surface area contributed by atoms with E-state index in [0.29, 0.717) is 18.4 Å². The van der Waals surface area contributed by atoms with Gasteiger partial charge in [-0.15, -0.1) is 0 Å². The third kappa shape index (κ3) is 3.51. The molecule has 2 rings (SSSR count). The Morgan fingerprint density at radius 1 is 1.15 bits per heavy atom. The third-order valence-corrected chi connectivity index (χ3v) is 4.91. The fourth-order valence-corrected chi connectivity index (χ4v) is 3.77. The first kappa shape index (κ1) is 15.7. The number of carbonyl (C=O) groups excluding carboxylic acids is 1. The van der Waals surface area contributed by atoms with Gasteiger partial charge in [-0.1, -0.05) is 0 Å². The van der Waals surface area contributed by atoms with Crippen molar-refractivity contribution in [2.75, 3.05) is 34.4 Å². The number of methoxy groups -OCH3 is 2. The predicted octanol–water partition coefficient (Wildman–Crippen LogP) is 1.03. The van der Waals surface area contributed by atoms with Crippen molar-refractivity contribution in [1.29, 1.82) is 0 Å². The molecule has 20 heavy (non-hydrogen) atoms. The van der Waals surface area contributed by atoms with Crippen LogP contribution in [-0.2, 0) is 14.3 Å². The van der Waals surface area contributed by atoms with Crippen molar-refractivity contribution in [2.45, 2.75) is 50.4 Å². The van der Waals surface area contributed by atoms with Crippen molar-refractivity contribution in [1.82, 2.24) is 10.2 Å². The summed E-state index contributed by atoms with van der Waals surface area (Å²) in [5.74, 6) is 0.495. The van der Waals surface area contributed by atoms with Crippen molar-refractivity contribution >= 4 is 5.91 Å². The Kier molecular flexibility index (Phi) is 5.81. The molecule has 1 N–H and O–H groups in total. The van der Waals surface area contributed by atoms with E-state index in [0.717, 1.165) is 25.9 Å². The van der Waals surface area contributed by atoms with Gasteiger partial charge in [0, 0.05) is 33.7 Å². The first-order chi connectivity index (χ1) is 9.69. The molecule has 2 aliphatic rings. The summed E-state index contributed by atoms with van der Waals surface area (Å²) in [7, 11) is 5.21. The first-order valence-electron chi connectivity index (χ1n) is 7.69. The second-order valence-corrected chi connectivity index (χ2v) is 5.97. The molecule has 5 heteroatoms. The Labute approximate surface area is 122 Å². The molecule has 1 heterocycles. The van der Waals surface area contributed by atoms with Crippen molar-refractivity contribution in [3.05, 3.63) is 0 Å². The second kappa shape index (κ2) is 7.38. The molecule has 1 saturated heterocycles. The van der Waals surface area contributed by atoms with Crippen LogP contribution >= 0.6 is 0 Å². The Morgan fingerprint density at radius 3 is 2.30 bits per heavy atom. The standard InChI is InChI=1S/C15H28N2O3/c1-16-15(18)9-11-8-13(19-2)14(20-3)10-12(11)17-6-4-5-7-17/h11-14H,4-10H2,1-3H3,(H,16,18). The summed E-state index contributed by atoms with van der Waals surface area (Å²) in [6, 6.07) is 0.450. The number of carbonyl (C=O) groups is 1. The summed E-state index contributed by atoms with van der Waals surface area (Å²) in [5.41, 5.74) is 0. The lowest BCUT2D eigenvalue weighted by molar-refractivity contribution is -0.126. The highest BCUT2D eigenvalue weighted by Crippen LogP contribution is 2.35. The van der Waals surface area contributed by atoms with Crippen LogP contribution < -0.4 is 5.32 Å². The van der Waals surface area contributed by atoms with E-state index in [1.54, 1.807) is 21.3 Å². The van der Waals surface area contributed by atoms with E-state index in [4.69, 9.17) is 9.47 Å². The van der Waals surface area contributed by atoms with Crippen LogP contribution in [0.25, 0.3) is 0 Å². The topological polar surface area (TPSA) is 50.8 Å². The number of hydrogen-bond acceptors (Lipinski definition) is 4. The number of amides is 1. The van der Waals surface area contributed by atoms with Gasteiger partial charge in [0.2, 0.25) is 5.91 Å². The molecule has 1 saturated carbocycles. The van der Waals surface area contributed by atoms with E-state index in [1.165, 1.54) is 12.8 Å². The van der Waals surface area contributed by atoms with Gasteiger partial charge in [0.15, 0.2) is 0 Å². The highest BCUT2D eigenvalue weighted by molar-refractivity contribution is 5.75. The fraction of sp³-hybridized carbons (Fsp3) is 0.933. The van der Waals surface area contributed by atoms with Gasteiger partial charge in [-0.3, -0.25) is 9.69 Å². The van der Waals surface area contributed by atoms with Crippen LogP contribution in [-0.4, -0.2) is 63.4 Å². The van der Waals surface area contributed by atoms with Gasteiger partial charge in [-0.25, -0.2) is 0 Å². The molecular weight excluding hydrogens is 256 g/mol. The average molecular weight is 284 g/mol. The lowest BCUT2D eigenvalue weighted by Gasteiger charge is -2.43. The zero-order valence-electron chi connectivity index (χ0n) is 12.9. The Bertz CT molecular complexity index is 318. The van der Waals surface area contributed by atoms with Gasteiger partial charge >= 0.3 is 0 Å². The smallest absolute Gasteiger partial charge is 0.220 e. The van der Waals surface area contributed by atoms with E-state index in [9.17, 15) is 4.79 Å². The number of rotatable bonds is 5.